The SMILES string of the molecule is C=CC1=C(C)c2cc3[nH]c(cc4nc(cc5[nH]c(cc1n2)c(C)c5CCC(=O)O)C(CCC(=O)OC)=C4C)[C@@]1(C)C3=CC=C(C(=O)OC)[C@H]1C(=O)OC.C=CC1=C(C)c2cc3[nH]c(cc4nc(cc5[nH]c(cc1n2)c(C)c5CCC(=O)OC)C(CCC(=O)O)=C4C)[C@@]1(C)C3=CC=C(C(=O)OC)[C@H]1C(=O)OC.CN1[C@@H]2CC[C@H]1C[C@@H](OC(=O)C(CO)c1ccccc1)C2.O=S(=O)(O)O. The van der Waals surface area contributed by atoms with Crippen LogP contribution >= 0.6 is 0 Å². The van der Waals surface area contributed by atoms with E-state index in [9.17, 15) is 58.5 Å². The molecular weight excluding hydrogens is 1720 g/mol. The van der Waals surface area contributed by atoms with Crippen molar-refractivity contribution in [1.82, 2.24) is 44.8 Å². The number of aromatic amines is 4. The molecule has 18 bridgehead atoms. The molecule has 2 saturated heterocycles. The van der Waals surface area contributed by atoms with Crippen molar-refractivity contribution in [3.63, 3.8) is 0 Å². The number of carboxylic acid groups (broad SMARTS) is 2. The van der Waals surface area contributed by atoms with Crippen LogP contribution in [0.25, 0.3) is 77.8 Å². The smallest absolute Gasteiger partial charge is 0.394 e. The number of rotatable bonds is 22. The highest BCUT2D eigenvalue weighted by Gasteiger charge is 2.55. The number of benzene rings is 1. The predicted octanol–water partition coefficient (Wildman–Crippen LogP) is 14.5. The summed E-state index contributed by atoms with van der Waals surface area (Å²) < 4.78 is 68.0. The molecule has 0 amide bonds. The lowest BCUT2D eigenvalue weighted by Gasteiger charge is -2.36. The summed E-state index contributed by atoms with van der Waals surface area (Å²) in [5.41, 5.74) is 20.7. The van der Waals surface area contributed by atoms with Crippen molar-refractivity contribution in [3.8, 4) is 0 Å². The second kappa shape index (κ2) is 40.4. The zero-order valence-electron chi connectivity index (χ0n) is 76.3. The Morgan fingerprint density at radius 2 is 0.879 bits per heavy atom. The van der Waals surface area contributed by atoms with E-state index in [1.54, 1.807) is 30.4 Å². The van der Waals surface area contributed by atoms with Gasteiger partial charge in [-0.1, -0.05) is 79.9 Å². The maximum Gasteiger partial charge on any atom is 0.394 e. The van der Waals surface area contributed by atoms with E-state index in [0.717, 1.165) is 107 Å². The normalized spacial score (nSPS) is 20.0. The van der Waals surface area contributed by atoms with Crippen LogP contribution in [0.3, 0.4) is 0 Å². The van der Waals surface area contributed by atoms with Gasteiger partial charge in [-0.2, -0.15) is 8.42 Å². The van der Waals surface area contributed by atoms with Crippen LogP contribution in [0.4, 0.5) is 0 Å². The third-order valence-electron chi connectivity index (χ3n) is 26.5. The van der Waals surface area contributed by atoms with Gasteiger partial charge in [0.25, 0.3) is 0 Å². The number of carbonyl (C=O) groups is 9. The number of aliphatic hydroxyl groups is 1. The van der Waals surface area contributed by atoms with Crippen molar-refractivity contribution >= 4 is 142 Å². The van der Waals surface area contributed by atoms with E-state index in [2.05, 4.69) is 45.0 Å². The van der Waals surface area contributed by atoms with Crippen LogP contribution in [0.15, 0.2) is 140 Å². The molecule has 0 saturated carbocycles. The van der Waals surface area contributed by atoms with Gasteiger partial charge in [0.15, 0.2) is 0 Å². The Bertz CT molecular complexity index is 6440. The maximum atomic E-state index is 13.7. The van der Waals surface area contributed by atoms with Crippen LogP contribution in [0.2, 0.25) is 0 Å². The Morgan fingerprint density at radius 3 is 1.27 bits per heavy atom. The number of esters is 7. The lowest BCUT2D eigenvalue weighted by molar-refractivity contribution is -0.155. The molecule has 1 unspecified atom stereocenters. The average molecular weight is 1830 g/mol. The number of aryl methyl sites for hydroxylation is 4. The summed E-state index contributed by atoms with van der Waals surface area (Å²) in [5.74, 6) is -8.16. The number of carboxylic acids is 2. The highest BCUT2D eigenvalue weighted by molar-refractivity contribution is 7.79. The largest absolute Gasteiger partial charge is 0.481 e. The lowest BCUT2D eigenvalue weighted by atomic mass is 9.64. The number of aromatic nitrogens is 8. The van der Waals surface area contributed by atoms with Crippen molar-refractivity contribution in [2.75, 3.05) is 56.3 Å². The zero-order valence-corrected chi connectivity index (χ0v) is 77.1. The molecule has 9 N–H and O–H groups in total. The number of nitrogens with one attached hydrogen (secondary N) is 4. The fraction of sp³-hybridized carbons (Fsp3) is 0.364. The van der Waals surface area contributed by atoms with E-state index in [1.807, 2.05) is 140 Å². The molecule has 4 aromatic heterocycles. The van der Waals surface area contributed by atoms with Gasteiger partial charge >= 0.3 is 64.1 Å². The Morgan fingerprint density at radius 1 is 0.500 bits per heavy atom. The molecule has 10 aliphatic rings. The number of aliphatic carboxylic acids is 2. The number of methoxy groups -OCH3 is 6. The van der Waals surface area contributed by atoms with Gasteiger partial charge in [0.2, 0.25) is 0 Å². The fourth-order valence-corrected chi connectivity index (χ4v) is 19.1. The van der Waals surface area contributed by atoms with Gasteiger partial charge in [-0.25, -0.2) is 29.5 Å². The van der Waals surface area contributed by atoms with Crippen LogP contribution in [-0.4, -0.2) is 206 Å². The van der Waals surface area contributed by atoms with E-state index < -0.39 is 74.8 Å². The second-order valence-electron chi connectivity index (χ2n) is 33.7. The molecule has 15 rings (SSSR count). The molecule has 0 radical (unpaired) electrons. The molecule has 2 fully saturated rings. The first-order valence-corrected chi connectivity index (χ1v) is 44.3. The Hall–Kier alpha value is -13.6. The molecule has 132 heavy (non-hydrogen) atoms. The van der Waals surface area contributed by atoms with Crippen molar-refractivity contribution in [2.45, 2.75) is 167 Å². The molecule has 33 heteroatoms. The molecule has 32 nitrogen and oxygen atoms in total. The maximum absolute atomic E-state index is 13.7. The van der Waals surface area contributed by atoms with Crippen molar-refractivity contribution < 1.29 is 109 Å². The van der Waals surface area contributed by atoms with Crippen LogP contribution in [0, 0.1) is 25.7 Å². The minimum atomic E-state index is -4.67. The zero-order chi connectivity index (χ0) is 96.0. The molecule has 8 aliphatic heterocycles. The first-order chi connectivity index (χ1) is 62.7. The summed E-state index contributed by atoms with van der Waals surface area (Å²) in [4.78, 5) is 151. The van der Waals surface area contributed by atoms with E-state index >= 15 is 0 Å². The summed E-state index contributed by atoms with van der Waals surface area (Å²) in [6.07, 6.45) is 15.8. The average Bonchev–Trinajstić information content (AvgIpc) is 1.56. The predicted molar refractivity (Wildman–Crippen MR) is 495 cm³/mol. The third-order valence-corrected chi connectivity index (χ3v) is 26.5. The molecule has 12 heterocycles. The Labute approximate surface area is 763 Å². The van der Waals surface area contributed by atoms with Gasteiger partial charge in [0.1, 0.15) is 23.9 Å². The van der Waals surface area contributed by atoms with E-state index in [0.29, 0.717) is 104 Å². The first-order valence-electron chi connectivity index (χ1n) is 42.9. The van der Waals surface area contributed by atoms with E-state index in [4.69, 9.17) is 70.6 Å². The number of piperidine rings is 1. The number of hydrogen-bond acceptors (Lipinski definition) is 24. The van der Waals surface area contributed by atoms with Crippen LogP contribution in [0.5, 0.6) is 0 Å². The number of allylic oxidation sites excluding steroid dienone is 16. The van der Waals surface area contributed by atoms with Gasteiger partial charge in [0, 0.05) is 93.8 Å². The minimum Gasteiger partial charge on any atom is -0.481 e. The van der Waals surface area contributed by atoms with Crippen LogP contribution in [-0.2, 0) is 110 Å². The molecule has 5 aromatic rings. The number of aliphatic hydroxyl groups excluding tert-OH is 1. The highest BCUT2D eigenvalue weighted by atomic mass is 32.3. The summed E-state index contributed by atoms with van der Waals surface area (Å²) in [5, 5.41) is 28.8. The minimum absolute atomic E-state index is 0.00367. The number of hydrogen-bond donors (Lipinski definition) is 9. The summed E-state index contributed by atoms with van der Waals surface area (Å²) in [7, 11) is 5.29. The standard InChI is InChI=1S/2C41H42N4O8.C17H23NO3.H2O4S/c1-9-23-20(2)29-17-34-27-13-10-26(39(49)52-7)38(40(50)53-8)41(27,5)35(45-34)19-30-22(4)24(11-14-36(46)47)32(44-30)18-33-25(12-15-37(48)51-6)21(3)28(43-33)16-31(23)42-29;1-9-23-20(2)29-17-34-27-13-10-26(39(49)52-7)38(40(50)53-8)41(27,5)35(45-34)19-30-22(4)25(12-15-37(48)51-6)33(44-30)18-32-24(11-14-36(46)47)21(3)28(43-32)16-31(23)42-29;1-18-13-7-8-14(18)10-15(9-13)21-17(20)16(11-19)12-5-3-2-4-6-12;1-5(2,3)4/h2*9-10,13,16-19,38,43,45H,1,11-12,14-15H2,2-8H3,(H,46,47);2-6,13-16,19H,7-11H2,1H3;(H2,1,2,3,4)/t2*38-,41+;13-,14+,15+,16?;/m00../s1. The summed E-state index contributed by atoms with van der Waals surface area (Å²) >= 11 is 0. The van der Waals surface area contributed by atoms with Gasteiger partial charge in [-0.05, 0) is 235 Å². The Balaban J connectivity index is 0.000000188. The highest BCUT2D eigenvalue weighted by Crippen LogP contribution is 2.55. The van der Waals surface area contributed by atoms with Crippen molar-refractivity contribution in [1.29, 1.82) is 0 Å². The molecule has 2 aliphatic carbocycles. The quantitative estimate of drug-likeness (QED) is 0.0176. The fourth-order valence-electron chi connectivity index (χ4n) is 19.1. The summed E-state index contributed by atoms with van der Waals surface area (Å²) in [6, 6.07) is 25.7. The number of ether oxygens (including phenoxy) is 7. The number of H-pyrrole nitrogens is 4. The lowest BCUT2D eigenvalue weighted by Crippen LogP contribution is -2.43. The molecular formula is C99H109N9O23S. The van der Waals surface area contributed by atoms with E-state index in [-0.39, 0.29) is 80.3 Å². The topological polar surface area (TPSA) is 471 Å². The van der Waals surface area contributed by atoms with Crippen LogP contribution < -0.4 is 0 Å². The summed E-state index contributed by atoms with van der Waals surface area (Å²) in [6.45, 7) is 23.3. The van der Waals surface area contributed by atoms with E-state index in [1.165, 1.54) is 55.5 Å². The van der Waals surface area contributed by atoms with Crippen molar-refractivity contribution in [2.24, 2.45) is 11.8 Å². The number of nitrogens with zero attached hydrogens (tertiary/aromatic N) is 5. The van der Waals surface area contributed by atoms with Crippen LogP contribution in [0.1, 0.15) is 208 Å². The van der Waals surface area contributed by atoms with Gasteiger partial charge < -0.3 is 73.3 Å². The molecule has 1 aromatic carbocycles. The van der Waals surface area contributed by atoms with Gasteiger partial charge in [-0.15, -0.1) is 0 Å². The second-order valence-corrected chi connectivity index (χ2v) is 34.6. The van der Waals surface area contributed by atoms with Crippen molar-refractivity contribution in [3.05, 3.63) is 236 Å². The number of carbonyl (C=O) groups excluding carboxylic acids is 7. The Kier molecular flexibility index (Phi) is 29.8. The monoisotopic (exact) mass is 1820 g/mol. The number of fused-ring (bicyclic) bond motifs is 24. The first kappa shape index (κ1) is 97.5. The molecule has 0 spiro atoms. The third kappa shape index (κ3) is 19.9. The van der Waals surface area contributed by atoms with Gasteiger partial charge in [0.05, 0.1) is 117 Å². The molecule has 694 valence electrons. The molecule has 8 atom stereocenters. The van der Waals surface area contributed by atoms with Gasteiger partial charge in [-0.3, -0.25) is 42.7 Å².